The molecule has 1 aromatic heterocycles. The summed E-state index contributed by atoms with van der Waals surface area (Å²) in [5.41, 5.74) is 5.58. The van der Waals surface area contributed by atoms with Crippen molar-refractivity contribution < 1.29 is 19.1 Å². The lowest BCUT2D eigenvalue weighted by atomic mass is 10.2. The smallest absolute Gasteiger partial charge is 0.286 e. The van der Waals surface area contributed by atoms with Gasteiger partial charge < -0.3 is 14.5 Å². The first kappa shape index (κ1) is 19.4. The summed E-state index contributed by atoms with van der Waals surface area (Å²) in [5, 5.41) is 0.387. The molecule has 26 heavy (non-hydrogen) atoms. The van der Waals surface area contributed by atoms with Crippen molar-refractivity contribution >= 4 is 29.5 Å². The van der Waals surface area contributed by atoms with Crippen LogP contribution >= 0.6 is 11.6 Å². The molecule has 0 aliphatic carbocycles. The van der Waals surface area contributed by atoms with E-state index >= 15 is 0 Å². The van der Waals surface area contributed by atoms with Crippen molar-refractivity contribution in [2.45, 2.75) is 13.3 Å². The van der Waals surface area contributed by atoms with Gasteiger partial charge in [0.1, 0.15) is 5.69 Å². The summed E-state index contributed by atoms with van der Waals surface area (Å²) >= 11 is 6.22. The van der Waals surface area contributed by atoms with Gasteiger partial charge in [-0.05, 0) is 42.3 Å². The molecule has 0 aliphatic rings. The molecule has 2 amide bonds. The van der Waals surface area contributed by atoms with Crippen LogP contribution in [-0.4, -0.2) is 30.5 Å². The number of aromatic amines is 1. The van der Waals surface area contributed by atoms with Gasteiger partial charge in [0.25, 0.3) is 11.8 Å². The summed E-state index contributed by atoms with van der Waals surface area (Å²) in [6.45, 7) is 2.51. The van der Waals surface area contributed by atoms with Crippen LogP contribution in [0, 0.1) is 0 Å². The van der Waals surface area contributed by atoms with Crippen LogP contribution in [0.4, 0.5) is 0 Å². The number of hydrogen-bond donors (Lipinski definition) is 3. The molecule has 0 radical (unpaired) electrons. The van der Waals surface area contributed by atoms with Gasteiger partial charge in [0.05, 0.1) is 18.7 Å². The first-order valence-corrected chi connectivity index (χ1v) is 8.35. The van der Waals surface area contributed by atoms with Gasteiger partial charge >= 0.3 is 0 Å². The van der Waals surface area contributed by atoms with Crippen LogP contribution in [-0.2, 0) is 4.79 Å². The zero-order chi connectivity index (χ0) is 18.9. The number of nitrogens with one attached hydrogen (secondary N) is 3. The molecule has 0 spiro atoms. The van der Waals surface area contributed by atoms with E-state index < -0.39 is 11.8 Å². The van der Waals surface area contributed by atoms with Gasteiger partial charge in [-0.15, -0.1) is 0 Å². The minimum Gasteiger partial charge on any atom is -0.493 e. The standard InChI is InChI=1S/C18H20ClN3O4/c1-3-9-26-17-13(19)10-12(11-15(17)25-2)6-7-16(23)21-22-18(24)14-5-4-8-20-14/h4-8,10-11,20H,3,9H2,1-2H3,(H,21,23)(H,22,24)/b7-6+. The highest BCUT2D eigenvalue weighted by atomic mass is 35.5. The first-order chi connectivity index (χ1) is 12.5. The Morgan fingerprint density at radius 2 is 2.12 bits per heavy atom. The second-order valence-electron chi connectivity index (χ2n) is 5.24. The molecule has 3 N–H and O–H groups in total. The van der Waals surface area contributed by atoms with Gasteiger partial charge in [-0.1, -0.05) is 18.5 Å². The summed E-state index contributed by atoms with van der Waals surface area (Å²) < 4.78 is 10.9. The van der Waals surface area contributed by atoms with Crippen LogP contribution < -0.4 is 20.3 Å². The van der Waals surface area contributed by atoms with Gasteiger partial charge in [-0.2, -0.15) is 0 Å². The van der Waals surface area contributed by atoms with Crippen LogP contribution in [0.15, 0.2) is 36.5 Å². The monoisotopic (exact) mass is 377 g/mol. The Bertz CT molecular complexity index is 788. The van der Waals surface area contributed by atoms with Crippen LogP contribution in [0.2, 0.25) is 5.02 Å². The molecule has 0 unspecified atom stereocenters. The Morgan fingerprint density at radius 3 is 2.77 bits per heavy atom. The number of carbonyl (C=O) groups excluding carboxylic acids is 2. The summed E-state index contributed by atoms with van der Waals surface area (Å²) in [4.78, 5) is 26.3. The molecule has 1 heterocycles. The highest BCUT2D eigenvalue weighted by Gasteiger charge is 2.11. The molecule has 1 aromatic carbocycles. The third kappa shape index (κ3) is 5.29. The van der Waals surface area contributed by atoms with Crippen molar-refractivity contribution in [2.75, 3.05) is 13.7 Å². The number of benzene rings is 1. The Hall–Kier alpha value is -2.93. The molecule has 0 fully saturated rings. The number of hydrogen-bond acceptors (Lipinski definition) is 4. The Balaban J connectivity index is 1.99. The average molecular weight is 378 g/mol. The van der Waals surface area contributed by atoms with E-state index in [1.165, 1.54) is 13.2 Å². The lowest BCUT2D eigenvalue weighted by Gasteiger charge is -2.12. The summed E-state index contributed by atoms with van der Waals surface area (Å²) in [6.07, 6.45) is 5.28. The molecule has 0 saturated carbocycles. The maximum Gasteiger partial charge on any atom is 0.286 e. The largest absolute Gasteiger partial charge is 0.493 e. The Kier molecular flexibility index (Phi) is 7.11. The number of amides is 2. The van der Waals surface area contributed by atoms with Gasteiger partial charge in [0, 0.05) is 12.3 Å². The molecular formula is C18H20ClN3O4. The predicted molar refractivity (Wildman–Crippen MR) is 99.2 cm³/mol. The quantitative estimate of drug-likeness (QED) is 0.511. The topological polar surface area (TPSA) is 92.5 Å². The van der Waals surface area contributed by atoms with E-state index in [0.29, 0.717) is 34.4 Å². The van der Waals surface area contributed by atoms with Crippen molar-refractivity contribution in [3.8, 4) is 11.5 Å². The van der Waals surface area contributed by atoms with E-state index in [-0.39, 0.29) is 0 Å². The zero-order valence-electron chi connectivity index (χ0n) is 14.5. The lowest BCUT2D eigenvalue weighted by molar-refractivity contribution is -0.117. The third-order valence-electron chi connectivity index (χ3n) is 3.27. The van der Waals surface area contributed by atoms with Crippen molar-refractivity contribution in [1.29, 1.82) is 0 Å². The molecule has 0 aliphatic heterocycles. The van der Waals surface area contributed by atoms with E-state index in [1.807, 2.05) is 6.92 Å². The maximum atomic E-state index is 11.8. The highest BCUT2D eigenvalue weighted by molar-refractivity contribution is 6.32. The van der Waals surface area contributed by atoms with Crippen LogP contribution in [0.1, 0.15) is 29.4 Å². The number of rotatable bonds is 7. The fraction of sp³-hybridized carbons (Fsp3) is 0.222. The second-order valence-corrected chi connectivity index (χ2v) is 5.65. The molecule has 138 valence electrons. The number of H-pyrrole nitrogens is 1. The molecule has 0 atom stereocenters. The molecule has 0 bridgehead atoms. The van der Waals surface area contributed by atoms with Gasteiger partial charge in [-0.25, -0.2) is 0 Å². The van der Waals surface area contributed by atoms with Crippen LogP contribution in [0.3, 0.4) is 0 Å². The van der Waals surface area contributed by atoms with E-state index in [9.17, 15) is 9.59 Å². The molecule has 2 aromatic rings. The number of halogens is 1. The molecule has 8 heteroatoms. The summed E-state index contributed by atoms with van der Waals surface area (Å²) in [5.74, 6) is 0.00656. The number of aromatic nitrogens is 1. The minimum absolute atomic E-state index is 0.341. The predicted octanol–water partition coefficient (Wildman–Crippen LogP) is 2.94. The van der Waals surface area contributed by atoms with Crippen LogP contribution in [0.5, 0.6) is 11.5 Å². The maximum absolute atomic E-state index is 11.8. The number of carbonyl (C=O) groups is 2. The molecule has 0 saturated heterocycles. The summed E-state index contributed by atoms with van der Waals surface area (Å²) in [7, 11) is 1.51. The number of hydrazine groups is 1. The van der Waals surface area contributed by atoms with Crippen molar-refractivity contribution in [3.63, 3.8) is 0 Å². The average Bonchev–Trinajstić information content (AvgIpc) is 3.17. The fourth-order valence-corrected chi connectivity index (χ4v) is 2.32. The zero-order valence-corrected chi connectivity index (χ0v) is 15.2. The van der Waals surface area contributed by atoms with E-state index in [0.717, 1.165) is 6.42 Å². The Morgan fingerprint density at radius 1 is 1.31 bits per heavy atom. The Labute approximate surface area is 156 Å². The van der Waals surface area contributed by atoms with Gasteiger partial charge in [-0.3, -0.25) is 20.4 Å². The van der Waals surface area contributed by atoms with E-state index in [1.54, 1.807) is 36.5 Å². The molecular weight excluding hydrogens is 358 g/mol. The summed E-state index contributed by atoms with van der Waals surface area (Å²) in [6, 6.07) is 6.64. The highest BCUT2D eigenvalue weighted by Crippen LogP contribution is 2.36. The van der Waals surface area contributed by atoms with Gasteiger partial charge in [0.2, 0.25) is 0 Å². The SMILES string of the molecule is CCCOc1c(Cl)cc(/C=C/C(=O)NNC(=O)c2ccc[nH]2)cc1OC. The normalized spacial score (nSPS) is 10.6. The van der Waals surface area contributed by atoms with E-state index in [4.69, 9.17) is 21.1 Å². The third-order valence-corrected chi connectivity index (χ3v) is 3.55. The van der Waals surface area contributed by atoms with Gasteiger partial charge in [0.15, 0.2) is 11.5 Å². The van der Waals surface area contributed by atoms with Crippen molar-refractivity contribution in [2.24, 2.45) is 0 Å². The number of ether oxygens (including phenoxy) is 2. The fourth-order valence-electron chi connectivity index (χ4n) is 2.05. The van der Waals surface area contributed by atoms with Crippen molar-refractivity contribution in [3.05, 3.63) is 52.8 Å². The van der Waals surface area contributed by atoms with Crippen molar-refractivity contribution in [1.82, 2.24) is 15.8 Å². The minimum atomic E-state index is -0.494. The molecule has 2 rings (SSSR count). The molecule has 7 nitrogen and oxygen atoms in total. The lowest BCUT2D eigenvalue weighted by Crippen LogP contribution is -2.40. The van der Waals surface area contributed by atoms with E-state index in [2.05, 4.69) is 15.8 Å². The number of methoxy groups -OCH3 is 1. The van der Waals surface area contributed by atoms with Crippen LogP contribution in [0.25, 0.3) is 6.08 Å². The second kappa shape index (κ2) is 9.53. The first-order valence-electron chi connectivity index (χ1n) is 7.97.